The first-order chi connectivity index (χ1) is 12.1. The molecule has 1 atom stereocenters. The minimum absolute atomic E-state index is 0.0447. The van der Waals surface area contributed by atoms with E-state index >= 15 is 0 Å². The molecule has 0 spiro atoms. The van der Waals surface area contributed by atoms with Crippen LogP contribution in [0.5, 0.6) is 0 Å². The molecular formula is C19H25BrN2O3. The smallest absolute Gasteiger partial charge is 0.407 e. The van der Waals surface area contributed by atoms with Gasteiger partial charge in [0, 0.05) is 29.7 Å². The Morgan fingerprint density at radius 3 is 2.76 bits per heavy atom. The summed E-state index contributed by atoms with van der Waals surface area (Å²) in [5.74, 6) is 0.0447. The normalized spacial score (nSPS) is 15.5. The molecule has 0 aliphatic carbocycles. The van der Waals surface area contributed by atoms with Crippen LogP contribution in [0.4, 0.5) is 4.79 Å². The highest BCUT2D eigenvalue weighted by molar-refractivity contribution is 9.11. The summed E-state index contributed by atoms with van der Waals surface area (Å²) in [7, 11) is 0. The molecule has 136 valence electrons. The first kappa shape index (κ1) is 19.5. The lowest BCUT2D eigenvalue weighted by Gasteiger charge is -2.33. The number of nitrogens with one attached hydrogen (secondary N) is 1. The van der Waals surface area contributed by atoms with Gasteiger partial charge in [0.15, 0.2) is 0 Å². The summed E-state index contributed by atoms with van der Waals surface area (Å²) in [6.45, 7) is 3.58. The van der Waals surface area contributed by atoms with Gasteiger partial charge in [0.1, 0.15) is 6.61 Å². The maximum Gasteiger partial charge on any atom is 0.407 e. The maximum absolute atomic E-state index is 12.2. The molecule has 1 aliphatic rings. The number of halogens is 1. The van der Waals surface area contributed by atoms with Crippen LogP contribution in [0.1, 0.15) is 38.2 Å². The number of benzene rings is 1. The van der Waals surface area contributed by atoms with Crippen molar-refractivity contribution in [3.8, 4) is 0 Å². The molecule has 2 rings (SSSR count). The second-order valence-electron chi connectivity index (χ2n) is 6.09. The lowest BCUT2D eigenvalue weighted by atomic mass is 10.0. The van der Waals surface area contributed by atoms with E-state index in [0.717, 1.165) is 42.3 Å². The first-order valence-electron chi connectivity index (χ1n) is 8.71. The highest BCUT2D eigenvalue weighted by Crippen LogP contribution is 2.22. The van der Waals surface area contributed by atoms with Crippen molar-refractivity contribution in [2.75, 3.05) is 13.1 Å². The largest absolute Gasteiger partial charge is 0.445 e. The number of alkyl carbamates (subject to hydrolysis) is 1. The molecule has 25 heavy (non-hydrogen) atoms. The van der Waals surface area contributed by atoms with E-state index in [1.807, 2.05) is 35.2 Å². The molecule has 2 amide bonds. The molecule has 0 fully saturated rings. The molecule has 0 bridgehead atoms. The molecule has 1 unspecified atom stereocenters. The Morgan fingerprint density at radius 1 is 1.32 bits per heavy atom. The van der Waals surface area contributed by atoms with Gasteiger partial charge in [-0.15, -0.1) is 0 Å². The Labute approximate surface area is 157 Å². The van der Waals surface area contributed by atoms with Crippen LogP contribution >= 0.6 is 15.9 Å². The van der Waals surface area contributed by atoms with Crippen LogP contribution in [-0.4, -0.2) is 36.0 Å². The summed E-state index contributed by atoms with van der Waals surface area (Å²) in [5.41, 5.74) is 0.956. The van der Waals surface area contributed by atoms with Gasteiger partial charge in [0.25, 0.3) is 0 Å². The van der Waals surface area contributed by atoms with Gasteiger partial charge in [-0.1, -0.05) is 59.6 Å². The Morgan fingerprint density at radius 2 is 2.08 bits per heavy atom. The minimum Gasteiger partial charge on any atom is -0.445 e. The number of carbonyl (C=O) groups excluding carboxylic acids is 2. The summed E-state index contributed by atoms with van der Waals surface area (Å²) < 4.78 is 6.15. The first-order valence-corrected chi connectivity index (χ1v) is 9.50. The van der Waals surface area contributed by atoms with Gasteiger partial charge in [-0.3, -0.25) is 4.79 Å². The SMILES string of the molecule is CCCC(CCNC(=O)OCc1ccccc1)N1CCC(Br)=CC1=O. The predicted molar refractivity (Wildman–Crippen MR) is 101 cm³/mol. The Kier molecular flexibility index (Phi) is 7.98. The van der Waals surface area contributed by atoms with Gasteiger partial charge in [-0.2, -0.15) is 0 Å². The fraction of sp³-hybridized carbons (Fsp3) is 0.474. The molecule has 1 aromatic rings. The van der Waals surface area contributed by atoms with E-state index in [1.165, 1.54) is 0 Å². The molecule has 6 heteroatoms. The highest BCUT2D eigenvalue weighted by atomic mass is 79.9. The highest BCUT2D eigenvalue weighted by Gasteiger charge is 2.24. The van der Waals surface area contributed by atoms with E-state index < -0.39 is 6.09 Å². The average molecular weight is 409 g/mol. The molecule has 0 saturated heterocycles. The van der Waals surface area contributed by atoms with Crippen molar-refractivity contribution in [3.63, 3.8) is 0 Å². The summed E-state index contributed by atoms with van der Waals surface area (Å²) in [5, 5.41) is 2.78. The van der Waals surface area contributed by atoms with Gasteiger partial charge in [0.05, 0.1) is 0 Å². The standard InChI is InChI=1S/C19H25BrN2O3/c1-2-6-17(22-12-10-16(20)13-18(22)23)9-11-21-19(24)25-14-15-7-4-3-5-8-15/h3-5,7-8,13,17H,2,6,9-12,14H2,1H3,(H,21,24). The number of nitrogens with zero attached hydrogens (tertiary/aromatic N) is 1. The van der Waals surface area contributed by atoms with Gasteiger partial charge >= 0.3 is 6.09 Å². The summed E-state index contributed by atoms with van der Waals surface area (Å²) in [4.78, 5) is 25.9. The van der Waals surface area contributed by atoms with Crippen molar-refractivity contribution in [2.24, 2.45) is 0 Å². The summed E-state index contributed by atoms with van der Waals surface area (Å²) in [6.07, 6.45) is 4.72. The molecular weight excluding hydrogens is 384 g/mol. The minimum atomic E-state index is -0.424. The van der Waals surface area contributed by atoms with E-state index in [-0.39, 0.29) is 18.6 Å². The number of amides is 2. The van der Waals surface area contributed by atoms with E-state index in [0.29, 0.717) is 6.54 Å². The molecule has 1 aliphatic heterocycles. The molecule has 1 N–H and O–H groups in total. The van der Waals surface area contributed by atoms with E-state index in [9.17, 15) is 9.59 Å². The second-order valence-corrected chi connectivity index (χ2v) is 7.11. The fourth-order valence-corrected chi connectivity index (χ4v) is 3.27. The summed E-state index contributed by atoms with van der Waals surface area (Å²) >= 11 is 3.39. The zero-order chi connectivity index (χ0) is 18.1. The van der Waals surface area contributed by atoms with Crippen molar-refractivity contribution < 1.29 is 14.3 Å². The quantitative estimate of drug-likeness (QED) is 0.707. The number of carbonyl (C=O) groups is 2. The predicted octanol–water partition coefficient (Wildman–Crippen LogP) is 3.98. The second kappa shape index (κ2) is 10.2. The van der Waals surface area contributed by atoms with Crippen molar-refractivity contribution in [1.82, 2.24) is 10.2 Å². The average Bonchev–Trinajstić information content (AvgIpc) is 2.60. The third-order valence-corrected chi connectivity index (χ3v) is 4.80. The molecule has 1 aromatic carbocycles. The van der Waals surface area contributed by atoms with Crippen LogP contribution in [0.15, 0.2) is 40.9 Å². The van der Waals surface area contributed by atoms with Gasteiger partial charge in [-0.25, -0.2) is 4.79 Å². The molecule has 5 nitrogen and oxygen atoms in total. The zero-order valence-corrected chi connectivity index (χ0v) is 16.1. The van der Waals surface area contributed by atoms with Crippen LogP contribution in [0.3, 0.4) is 0 Å². The maximum atomic E-state index is 12.2. The molecule has 1 heterocycles. The molecule has 0 radical (unpaired) electrons. The van der Waals surface area contributed by atoms with Gasteiger partial charge in [-0.05, 0) is 24.8 Å². The third kappa shape index (κ3) is 6.53. The van der Waals surface area contributed by atoms with Crippen LogP contribution in [0.25, 0.3) is 0 Å². The number of hydrogen-bond donors (Lipinski definition) is 1. The fourth-order valence-electron chi connectivity index (χ4n) is 2.89. The van der Waals surface area contributed by atoms with E-state index in [1.54, 1.807) is 6.08 Å². The Balaban J connectivity index is 1.75. The lowest BCUT2D eigenvalue weighted by molar-refractivity contribution is -0.129. The van der Waals surface area contributed by atoms with E-state index in [2.05, 4.69) is 28.2 Å². The van der Waals surface area contributed by atoms with Crippen LogP contribution in [-0.2, 0) is 16.1 Å². The Bertz CT molecular complexity index is 604. The number of ether oxygens (including phenoxy) is 1. The monoisotopic (exact) mass is 408 g/mol. The zero-order valence-electron chi connectivity index (χ0n) is 14.5. The molecule has 0 aromatic heterocycles. The van der Waals surface area contributed by atoms with E-state index in [4.69, 9.17) is 4.74 Å². The Hall–Kier alpha value is -1.82. The number of rotatable bonds is 8. The van der Waals surface area contributed by atoms with Crippen molar-refractivity contribution in [2.45, 2.75) is 45.3 Å². The third-order valence-electron chi connectivity index (χ3n) is 4.18. The van der Waals surface area contributed by atoms with Gasteiger partial charge in [0.2, 0.25) is 5.91 Å². The molecule has 0 saturated carbocycles. The summed E-state index contributed by atoms with van der Waals surface area (Å²) in [6, 6.07) is 9.72. The topological polar surface area (TPSA) is 58.6 Å². The number of hydrogen-bond acceptors (Lipinski definition) is 3. The van der Waals surface area contributed by atoms with Crippen molar-refractivity contribution >= 4 is 27.9 Å². The van der Waals surface area contributed by atoms with Crippen LogP contribution in [0.2, 0.25) is 0 Å². The van der Waals surface area contributed by atoms with Crippen LogP contribution < -0.4 is 5.32 Å². The van der Waals surface area contributed by atoms with Crippen molar-refractivity contribution in [1.29, 1.82) is 0 Å². The van der Waals surface area contributed by atoms with Gasteiger partial charge < -0.3 is 15.0 Å². The lowest BCUT2D eigenvalue weighted by Crippen LogP contribution is -2.43. The van der Waals surface area contributed by atoms with Crippen LogP contribution in [0, 0.1) is 0 Å². The van der Waals surface area contributed by atoms with Crippen molar-refractivity contribution in [3.05, 3.63) is 46.5 Å².